The first-order chi connectivity index (χ1) is 5.70. The third-order valence-corrected chi connectivity index (χ3v) is 3.15. The van der Waals surface area contributed by atoms with Gasteiger partial charge in [-0.2, -0.15) is 0 Å². The Morgan fingerprint density at radius 3 is 2.33 bits per heavy atom. The van der Waals surface area contributed by atoms with Gasteiger partial charge in [-0.1, -0.05) is 0 Å². The van der Waals surface area contributed by atoms with Crippen molar-refractivity contribution in [2.75, 3.05) is 33.7 Å². The summed E-state index contributed by atoms with van der Waals surface area (Å²) in [5.41, 5.74) is 6.31. The lowest BCUT2D eigenvalue weighted by molar-refractivity contribution is -0.912. The summed E-state index contributed by atoms with van der Waals surface area (Å²) in [5, 5.41) is 0. The zero-order chi connectivity index (χ0) is 9.03. The number of hydrogen-bond acceptors (Lipinski definition) is 2. The highest BCUT2D eigenvalue weighted by Gasteiger charge is 2.27. The molecule has 0 aromatic carbocycles. The van der Waals surface area contributed by atoms with Gasteiger partial charge in [-0.3, -0.25) is 10.9 Å². The Hall–Kier alpha value is -0.120. The maximum absolute atomic E-state index is 3.29. The van der Waals surface area contributed by atoms with Crippen LogP contribution >= 0.6 is 0 Å². The summed E-state index contributed by atoms with van der Waals surface area (Å²) in [5.74, 6) is 0. The van der Waals surface area contributed by atoms with Gasteiger partial charge in [0.2, 0.25) is 0 Å². The van der Waals surface area contributed by atoms with Crippen LogP contribution in [0.3, 0.4) is 0 Å². The molecule has 3 nitrogen and oxygen atoms in total. The Balaban J connectivity index is 2.29. The molecular formula is C9H22N3+. The Labute approximate surface area is 75.7 Å². The van der Waals surface area contributed by atoms with E-state index in [4.69, 9.17) is 0 Å². The summed E-state index contributed by atoms with van der Waals surface area (Å²) in [4.78, 5) is 0. The summed E-state index contributed by atoms with van der Waals surface area (Å²) in [7, 11) is 4.30. The molecule has 0 spiro atoms. The predicted molar refractivity (Wildman–Crippen MR) is 51.7 cm³/mol. The number of nitrogens with one attached hydrogen (secondary N) is 2. The van der Waals surface area contributed by atoms with E-state index in [-0.39, 0.29) is 0 Å². The number of rotatable bonds is 3. The van der Waals surface area contributed by atoms with Crippen molar-refractivity contribution in [3.8, 4) is 0 Å². The molecule has 1 heterocycles. The lowest BCUT2D eigenvalue weighted by Gasteiger charge is -2.39. The summed E-state index contributed by atoms with van der Waals surface area (Å²) in [6.45, 7) is 6.18. The van der Waals surface area contributed by atoms with Crippen LogP contribution in [0.1, 0.15) is 19.8 Å². The van der Waals surface area contributed by atoms with E-state index in [1.807, 2.05) is 7.05 Å². The highest BCUT2D eigenvalue weighted by atomic mass is 15.4. The predicted octanol–water partition coefficient (Wildman–Crippen LogP) is 0.339. The molecule has 0 atom stereocenters. The third-order valence-electron chi connectivity index (χ3n) is 3.15. The summed E-state index contributed by atoms with van der Waals surface area (Å²) in [6.07, 6.45) is 2.59. The molecule has 72 valence electrons. The molecule has 0 aliphatic carbocycles. The van der Waals surface area contributed by atoms with Crippen LogP contribution in [0.4, 0.5) is 0 Å². The van der Waals surface area contributed by atoms with Crippen LogP contribution < -0.4 is 10.9 Å². The highest BCUT2D eigenvalue weighted by Crippen LogP contribution is 2.15. The minimum atomic E-state index is 0.688. The van der Waals surface area contributed by atoms with E-state index in [9.17, 15) is 0 Å². The van der Waals surface area contributed by atoms with Crippen LogP contribution in [0.2, 0.25) is 0 Å². The molecule has 12 heavy (non-hydrogen) atoms. The number of likely N-dealkylation sites (tertiary alicyclic amines) is 1. The molecule has 1 aliphatic heterocycles. The smallest absolute Gasteiger partial charge is 0.0800 e. The molecule has 0 aromatic rings. The van der Waals surface area contributed by atoms with Crippen molar-refractivity contribution >= 4 is 0 Å². The van der Waals surface area contributed by atoms with E-state index in [0.717, 1.165) is 0 Å². The SMILES string of the molecule is CC[N+]1(C)CCC(NNC)CC1. The zero-order valence-corrected chi connectivity index (χ0v) is 8.56. The lowest BCUT2D eigenvalue weighted by Crippen LogP contribution is -2.54. The summed E-state index contributed by atoms with van der Waals surface area (Å²) in [6, 6.07) is 0.688. The van der Waals surface area contributed by atoms with E-state index in [1.165, 1.54) is 37.0 Å². The second kappa shape index (κ2) is 4.21. The van der Waals surface area contributed by atoms with Gasteiger partial charge in [0.1, 0.15) is 0 Å². The van der Waals surface area contributed by atoms with Gasteiger partial charge >= 0.3 is 0 Å². The molecule has 0 amide bonds. The molecule has 1 aliphatic rings. The van der Waals surface area contributed by atoms with Crippen LogP contribution in [0.15, 0.2) is 0 Å². The van der Waals surface area contributed by atoms with E-state index < -0.39 is 0 Å². The molecule has 0 bridgehead atoms. The van der Waals surface area contributed by atoms with E-state index in [1.54, 1.807) is 0 Å². The van der Waals surface area contributed by atoms with Gasteiger partial charge in [0.25, 0.3) is 0 Å². The normalized spacial score (nSPS) is 36.8. The molecule has 1 saturated heterocycles. The van der Waals surface area contributed by atoms with E-state index in [0.29, 0.717) is 6.04 Å². The third kappa shape index (κ3) is 2.44. The largest absolute Gasteiger partial charge is 0.326 e. The molecule has 1 fully saturated rings. The fourth-order valence-electron chi connectivity index (χ4n) is 1.86. The van der Waals surface area contributed by atoms with Gasteiger partial charge < -0.3 is 4.48 Å². The highest BCUT2D eigenvalue weighted by molar-refractivity contribution is 4.68. The van der Waals surface area contributed by atoms with Crippen molar-refractivity contribution in [2.24, 2.45) is 0 Å². The molecule has 0 radical (unpaired) electrons. The topological polar surface area (TPSA) is 24.1 Å². The van der Waals surface area contributed by atoms with Crippen molar-refractivity contribution in [1.82, 2.24) is 10.9 Å². The average molecular weight is 172 g/mol. The van der Waals surface area contributed by atoms with Crippen molar-refractivity contribution in [1.29, 1.82) is 0 Å². The van der Waals surface area contributed by atoms with Crippen LogP contribution in [0.25, 0.3) is 0 Å². The Morgan fingerprint density at radius 2 is 1.92 bits per heavy atom. The van der Waals surface area contributed by atoms with Crippen LogP contribution in [0, 0.1) is 0 Å². The molecular weight excluding hydrogens is 150 g/mol. The van der Waals surface area contributed by atoms with E-state index in [2.05, 4.69) is 24.8 Å². The Bertz CT molecular complexity index is 128. The summed E-state index contributed by atoms with van der Waals surface area (Å²) < 4.78 is 1.25. The summed E-state index contributed by atoms with van der Waals surface area (Å²) >= 11 is 0. The molecule has 0 saturated carbocycles. The number of piperidine rings is 1. The molecule has 1 rings (SSSR count). The van der Waals surface area contributed by atoms with Gasteiger partial charge in [0, 0.05) is 18.9 Å². The Kier molecular flexibility index (Phi) is 3.50. The van der Waals surface area contributed by atoms with Gasteiger partial charge in [-0.15, -0.1) is 0 Å². The van der Waals surface area contributed by atoms with Gasteiger partial charge in [-0.25, -0.2) is 0 Å². The number of hydrogen-bond donors (Lipinski definition) is 2. The maximum atomic E-state index is 3.29. The first-order valence-electron chi connectivity index (χ1n) is 4.96. The standard InChI is InChI=1S/C9H22N3/c1-4-12(3)7-5-9(6-8-12)11-10-2/h9-11H,4-8H2,1-3H3/q+1. The average Bonchev–Trinajstić information content (AvgIpc) is 2.10. The second-order valence-corrected chi connectivity index (χ2v) is 4.05. The van der Waals surface area contributed by atoms with Crippen molar-refractivity contribution in [2.45, 2.75) is 25.8 Å². The molecule has 2 N–H and O–H groups in total. The zero-order valence-electron chi connectivity index (χ0n) is 8.56. The lowest BCUT2D eigenvalue weighted by atomic mass is 10.0. The number of quaternary nitrogens is 1. The fraction of sp³-hybridized carbons (Fsp3) is 1.00. The van der Waals surface area contributed by atoms with Crippen molar-refractivity contribution < 1.29 is 4.48 Å². The second-order valence-electron chi connectivity index (χ2n) is 4.05. The first kappa shape index (κ1) is 9.96. The van der Waals surface area contributed by atoms with Crippen LogP contribution in [-0.2, 0) is 0 Å². The molecule has 0 unspecified atom stereocenters. The monoisotopic (exact) mass is 172 g/mol. The van der Waals surface area contributed by atoms with Gasteiger partial charge in [-0.05, 0) is 14.0 Å². The first-order valence-corrected chi connectivity index (χ1v) is 4.96. The fourth-order valence-corrected chi connectivity index (χ4v) is 1.86. The number of nitrogens with zero attached hydrogens (tertiary/aromatic N) is 1. The minimum Gasteiger partial charge on any atom is -0.326 e. The molecule has 3 heteroatoms. The van der Waals surface area contributed by atoms with Crippen LogP contribution in [0.5, 0.6) is 0 Å². The van der Waals surface area contributed by atoms with Crippen LogP contribution in [-0.4, -0.2) is 44.3 Å². The maximum Gasteiger partial charge on any atom is 0.0800 e. The quantitative estimate of drug-likeness (QED) is 0.474. The van der Waals surface area contributed by atoms with E-state index >= 15 is 0 Å². The number of hydrazine groups is 1. The van der Waals surface area contributed by atoms with Gasteiger partial charge in [0.05, 0.1) is 26.7 Å². The minimum absolute atomic E-state index is 0.688. The Morgan fingerprint density at radius 1 is 1.33 bits per heavy atom. The molecule has 0 aromatic heterocycles. The van der Waals surface area contributed by atoms with Crippen molar-refractivity contribution in [3.63, 3.8) is 0 Å². The van der Waals surface area contributed by atoms with Crippen molar-refractivity contribution in [3.05, 3.63) is 0 Å². The van der Waals surface area contributed by atoms with Gasteiger partial charge in [0.15, 0.2) is 0 Å².